The first-order chi connectivity index (χ1) is 8.86. The van der Waals surface area contributed by atoms with Crippen molar-refractivity contribution in [3.63, 3.8) is 0 Å². The lowest BCUT2D eigenvalue weighted by Gasteiger charge is -2.07. The van der Waals surface area contributed by atoms with Crippen molar-refractivity contribution in [1.82, 2.24) is 0 Å². The highest BCUT2D eigenvalue weighted by atomic mass is 16.7. The molecule has 0 aromatic heterocycles. The molecule has 1 heterocycles. The smallest absolute Gasteiger partial charge is 0.231 e. The van der Waals surface area contributed by atoms with Gasteiger partial charge >= 0.3 is 0 Å². The van der Waals surface area contributed by atoms with Crippen molar-refractivity contribution >= 4 is 0 Å². The van der Waals surface area contributed by atoms with Gasteiger partial charge in [0, 0.05) is 6.07 Å². The van der Waals surface area contributed by atoms with Gasteiger partial charge in [0.05, 0.1) is 5.56 Å². The summed E-state index contributed by atoms with van der Waals surface area (Å²) in [5.74, 6) is 2.50. The van der Waals surface area contributed by atoms with E-state index < -0.39 is 0 Å². The maximum Gasteiger partial charge on any atom is 0.231 e. The van der Waals surface area contributed by atoms with Crippen LogP contribution in [0.4, 0.5) is 0 Å². The molecule has 2 aromatic rings. The molecule has 18 heavy (non-hydrogen) atoms. The van der Waals surface area contributed by atoms with E-state index in [1.165, 1.54) is 0 Å². The first-order valence-electron chi connectivity index (χ1n) is 5.43. The van der Waals surface area contributed by atoms with Crippen LogP contribution in [0.15, 0.2) is 42.5 Å². The number of hydrogen-bond acceptors (Lipinski definition) is 4. The molecular formula is C14H9NO3. The van der Waals surface area contributed by atoms with Crippen molar-refractivity contribution < 1.29 is 14.2 Å². The van der Waals surface area contributed by atoms with Gasteiger partial charge in [-0.05, 0) is 24.3 Å². The Morgan fingerprint density at radius 3 is 2.78 bits per heavy atom. The van der Waals surface area contributed by atoms with Crippen molar-refractivity contribution in [3.05, 3.63) is 48.0 Å². The molecule has 0 radical (unpaired) electrons. The summed E-state index contributed by atoms with van der Waals surface area (Å²) in [5.41, 5.74) is 0.496. The fourth-order valence-electron chi connectivity index (χ4n) is 1.72. The summed E-state index contributed by atoms with van der Waals surface area (Å²) in [4.78, 5) is 0. The molecule has 0 spiro atoms. The molecular weight excluding hydrogens is 230 g/mol. The summed E-state index contributed by atoms with van der Waals surface area (Å²) in [6.45, 7) is 0.230. The van der Waals surface area contributed by atoms with Crippen molar-refractivity contribution in [1.29, 1.82) is 5.26 Å². The van der Waals surface area contributed by atoms with Crippen LogP contribution in [0.5, 0.6) is 23.0 Å². The van der Waals surface area contributed by atoms with Gasteiger partial charge in [-0.1, -0.05) is 12.1 Å². The van der Waals surface area contributed by atoms with Crippen molar-refractivity contribution in [2.45, 2.75) is 0 Å². The predicted molar refractivity (Wildman–Crippen MR) is 63.8 cm³/mol. The Morgan fingerprint density at radius 1 is 1.06 bits per heavy atom. The third-order valence-electron chi connectivity index (χ3n) is 2.58. The van der Waals surface area contributed by atoms with Gasteiger partial charge in [0.25, 0.3) is 0 Å². The van der Waals surface area contributed by atoms with Crippen molar-refractivity contribution in [2.75, 3.05) is 6.79 Å². The number of fused-ring (bicyclic) bond motifs is 1. The summed E-state index contributed by atoms with van der Waals surface area (Å²) in [5, 5.41) is 8.98. The third-order valence-corrected chi connectivity index (χ3v) is 2.58. The van der Waals surface area contributed by atoms with E-state index in [9.17, 15) is 0 Å². The monoisotopic (exact) mass is 239 g/mol. The molecule has 0 bridgehead atoms. The lowest BCUT2D eigenvalue weighted by molar-refractivity contribution is 0.174. The molecule has 0 amide bonds. The minimum atomic E-state index is 0.230. The fraction of sp³-hybridized carbons (Fsp3) is 0.0714. The quantitative estimate of drug-likeness (QED) is 0.808. The molecule has 1 aliphatic rings. The molecule has 0 fully saturated rings. The SMILES string of the molecule is N#Cc1ccccc1Oc1ccc2c(c1)OCO2. The van der Waals surface area contributed by atoms with E-state index in [1.54, 1.807) is 36.4 Å². The van der Waals surface area contributed by atoms with Gasteiger partial charge in [-0.15, -0.1) is 0 Å². The number of nitrogens with zero attached hydrogens (tertiary/aromatic N) is 1. The van der Waals surface area contributed by atoms with Gasteiger partial charge in [0.15, 0.2) is 11.5 Å². The Kier molecular flexibility index (Phi) is 2.50. The highest BCUT2D eigenvalue weighted by Crippen LogP contribution is 2.36. The first-order valence-corrected chi connectivity index (χ1v) is 5.43. The topological polar surface area (TPSA) is 51.5 Å². The minimum Gasteiger partial charge on any atom is -0.456 e. The lowest BCUT2D eigenvalue weighted by Crippen LogP contribution is -1.92. The van der Waals surface area contributed by atoms with Crippen LogP contribution in [-0.4, -0.2) is 6.79 Å². The number of hydrogen-bond donors (Lipinski definition) is 0. The summed E-state index contributed by atoms with van der Waals surface area (Å²) in [6, 6.07) is 14.5. The van der Waals surface area contributed by atoms with Crippen LogP contribution in [0.25, 0.3) is 0 Å². The average molecular weight is 239 g/mol. The van der Waals surface area contributed by atoms with E-state index in [0.29, 0.717) is 28.6 Å². The average Bonchev–Trinajstić information content (AvgIpc) is 2.87. The Bertz CT molecular complexity index is 631. The molecule has 0 aliphatic carbocycles. The molecule has 88 valence electrons. The second-order valence-electron chi connectivity index (χ2n) is 3.73. The number of rotatable bonds is 2. The lowest BCUT2D eigenvalue weighted by atomic mass is 10.2. The van der Waals surface area contributed by atoms with Gasteiger partial charge in [0.1, 0.15) is 17.6 Å². The number of nitriles is 1. The van der Waals surface area contributed by atoms with Gasteiger partial charge < -0.3 is 14.2 Å². The molecule has 4 heteroatoms. The molecule has 4 nitrogen and oxygen atoms in total. The van der Waals surface area contributed by atoms with E-state index in [0.717, 1.165) is 0 Å². The standard InChI is InChI=1S/C14H9NO3/c15-8-10-3-1-2-4-12(10)18-11-5-6-13-14(7-11)17-9-16-13/h1-7H,9H2. The van der Waals surface area contributed by atoms with Crippen LogP contribution < -0.4 is 14.2 Å². The number of ether oxygens (including phenoxy) is 3. The second kappa shape index (κ2) is 4.30. The normalized spacial score (nSPS) is 11.9. The van der Waals surface area contributed by atoms with Crippen LogP contribution in [0.2, 0.25) is 0 Å². The van der Waals surface area contributed by atoms with Crippen LogP contribution in [0, 0.1) is 11.3 Å². The van der Waals surface area contributed by atoms with Gasteiger partial charge in [-0.2, -0.15) is 5.26 Å². The highest BCUT2D eigenvalue weighted by Gasteiger charge is 2.14. The third kappa shape index (κ3) is 1.82. The maximum atomic E-state index is 8.98. The van der Waals surface area contributed by atoms with E-state index in [1.807, 2.05) is 6.07 Å². The zero-order valence-electron chi connectivity index (χ0n) is 9.42. The molecule has 2 aromatic carbocycles. The first kappa shape index (κ1) is 10.5. The Labute approximate surface area is 104 Å². The Morgan fingerprint density at radius 2 is 1.89 bits per heavy atom. The zero-order chi connectivity index (χ0) is 12.4. The zero-order valence-corrected chi connectivity index (χ0v) is 9.42. The van der Waals surface area contributed by atoms with Crippen LogP contribution >= 0.6 is 0 Å². The summed E-state index contributed by atoms with van der Waals surface area (Å²) < 4.78 is 16.2. The summed E-state index contributed by atoms with van der Waals surface area (Å²) in [7, 11) is 0. The molecule has 0 unspecified atom stereocenters. The Hall–Kier alpha value is -2.67. The molecule has 0 atom stereocenters. The summed E-state index contributed by atoms with van der Waals surface area (Å²) in [6.07, 6.45) is 0. The van der Waals surface area contributed by atoms with Gasteiger partial charge in [0.2, 0.25) is 6.79 Å². The minimum absolute atomic E-state index is 0.230. The maximum absolute atomic E-state index is 8.98. The predicted octanol–water partition coefficient (Wildman–Crippen LogP) is 3.08. The Balaban J connectivity index is 1.91. The van der Waals surface area contributed by atoms with Crippen LogP contribution in [-0.2, 0) is 0 Å². The van der Waals surface area contributed by atoms with E-state index in [4.69, 9.17) is 19.5 Å². The number of para-hydroxylation sites is 1. The fourth-order valence-corrected chi connectivity index (χ4v) is 1.72. The van der Waals surface area contributed by atoms with Crippen LogP contribution in [0.1, 0.15) is 5.56 Å². The van der Waals surface area contributed by atoms with Crippen molar-refractivity contribution in [3.8, 4) is 29.1 Å². The van der Waals surface area contributed by atoms with Crippen molar-refractivity contribution in [2.24, 2.45) is 0 Å². The molecule has 0 N–H and O–H groups in total. The molecule has 1 aliphatic heterocycles. The largest absolute Gasteiger partial charge is 0.456 e. The summed E-state index contributed by atoms with van der Waals surface area (Å²) >= 11 is 0. The molecule has 0 saturated carbocycles. The number of benzene rings is 2. The van der Waals surface area contributed by atoms with E-state index >= 15 is 0 Å². The highest BCUT2D eigenvalue weighted by molar-refractivity contribution is 5.50. The molecule has 3 rings (SSSR count). The molecule has 0 saturated heterocycles. The van der Waals surface area contributed by atoms with E-state index in [2.05, 4.69) is 6.07 Å². The van der Waals surface area contributed by atoms with Crippen LogP contribution in [0.3, 0.4) is 0 Å². The van der Waals surface area contributed by atoms with Gasteiger partial charge in [-0.3, -0.25) is 0 Å². The van der Waals surface area contributed by atoms with Gasteiger partial charge in [-0.25, -0.2) is 0 Å². The second-order valence-corrected chi connectivity index (χ2v) is 3.73. The van der Waals surface area contributed by atoms with E-state index in [-0.39, 0.29) is 6.79 Å².